The molecule has 0 aromatic heterocycles. The van der Waals surface area contributed by atoms with Crippen molar-refractivity contribution in [3.63, 3.8) is 0 Å². The second kappa shape index (κ2) is 2.90. The van der Waals surface area contributed by atoms with Crippen molar-refractivity contribution >= 4 is 0 Å². The normalized spacial score (nSPS) is 19.2. The Kier molecular flexibility index (Phi) is 3.30. The van der Waals surface area contributed by atoms with E-state index in [2.05, 4.69) is 0 Å². The smallest absolute Gasteiger partial charge is 0 e. The Morgan fingerprint density at radius 1 is 0.600 bits per heavy atom. The van der Waals surface area contributed by atoms with Crippen LogP contribution in [0.1, 0.15) is 25.7 Å². The number of hydrogen-bond acceptors (Lipinski definition) is 0. The summed E-state index contributed by atoms with van der Waals surface area (Å²) in [6.45, 7) is 0. The van der Waals surface area contributed by atoms with Crippen LogP contribution >= 0.6 is 0 Å². The standard InChI is InChI=1S/C4H8.Pt/c1-2-4-3-1;/h1-4H2;. The molecule has 1 aliphatic carbocycles. The van der Waals surface area contributed by atoms with Crippen molar-refractivity contribution in [1.82, 2.24) is 0 Å². The third-order valence-corrected chi connectivity index (χ3v) is 1.000. The zero-order valence-corrected chi connectivity index (χ0v) is 5.42. The minimum absolute atomic E-state index is 0. The monoisotopic (exact) mass is 251 g/mol. The van der Waals surface area contributed by atoms with Crippen molar-refractivity contribution in [3.05, 3.63) is 0 Å². The first-order valence-corrected chi connectivity index (χ1v) is 2.00. The third-order valence-electron chi connectivity index (χ3n) is 1.000. The Morgan fingerprint density at radius 2 is 0.800 bits per heavy atom. The predicted octanol–water partition coefficient (Wildman–Crippen LogP) is 1.56. The van der Waals surface area contributed by atoms with Gasteiger partial charge in [-0.15, -0.1) is 0 Å². The van der Waals surface area contributed by atoms with E-state index in [-0.39, 0.29) is 21.1 Å². The minimum atomic E-state index is 0. The fraction of sp³-hybridized carbons (Fsp3) is 1.00. The van der Waals surface area contributed by atoms with E-state index >= 15 is 0 Å². The van der Waals surface area contributed by atoms with Gasteiger partial charge in [-0.25, -0.2) is 0 Å². The summed E-state index contributed by atoms with van der Waals surface area (Å²) in [6.07, 6.45) is 6.00. The fourth-order valence-electron chi connectivity index (χ4n) is 0.250. The summed E-state index contributed by atoms with van der Waals surface area (Å²) in [6, 6.07) is 0. The molecule has 0 saturated heterocycles. The van der Waals surface area contributed by atoms with Gasteiger partial charge in [-0.1, -0.05) is 25.7 Å². The summed E-state index contributed by atoms with van der Waals surface area (Å²) in [5.74, 6) is 0. The molecule has 1 fully saturated rings. The molecule has 5 heavy (non-hydrogen) atoms. The molecule has 1 saturated carbocycles. The molecule has 0 aromatic carbocycles. The largest absolute Gasteiger partial charge is 0.0533 e. The van der Waals surface area contributed by atoms with E-state index in [4.69, 9.17) is 0 Å². The second-order valence-corrected chi connectivity index (χ2v) is 1.41. The molecule has 0 N–H and O–H groups in total. The van der Waals surface area contributed by atoms with Crippen molar-refractivity contribution in [2.75, 3.05) is 0 Å². The summed E-state index contributed by atoms with van der Waals surface area (Å²) in [5.41, 5.74) is 0. The van der Waals surface area contributed by atoms with Crippen molar-refractivity contribution in [1.29, 1.82) is 0 Å². The molecule has 34 valence electrons. The van der Waals surface area contributed by atoms with E-state index in [0.717, 1.165) is 0 Å². The van der Waals surface area contributed by atoms with Gasteiger partial charge in [-0.2, -0.15) is 0 Å². The Bertz CT molecular complexity index is 11.6. The zero-order chi connectivity index (χ0) is 2.83. The maximum Gasteiger partial charge on any atom is 0 e. The first-order chi connectivity index (χ1) is 2.00. The van der Waals surface area contributed by atoms with E-state index in [9.17, 15) is 0 Å². The minimum Gasteiger partial charge on any atom is -0.0533 e. The molecule has 1 aliphatic rings. The Morgan fingerprint density at radius 3 is 0.800 bits per heavy atom. The molecule has 0 atom stereocenters. The van der Waals surface area contributed by atoms with Gasteiger partial charge in [-0.05, 0) is 0 Å². The van der Waals surface area contributed by atoms with Crippen molar-refractivity contribution < 1.29 is 21.1 Å². The summed E-state index contributed by atoms with van der Waals surface area (Å²) < 4.78 is 0. The van der Waals surface area contributed by atoms with E-state index in [1.165, 1.54) is 25.7 Å². The van der Waals surface area contributed by atoms with Crippen LogP contribution in [0.3, 0.4) is 0 Å². The topological polar surface area (TPSA) is 0 Å². The van der Waals surface area contributed by atoms with Gasteiger partial charge in [0.2, 0.25) is 0 Å². The van der Waals surface area contributed by atoms with E-state index in [1.807, 2.05) is 0 Å². The summed E-state index contributed by atoms with van der Waals surface area (Å²) in [7, 11) is 0. The van der Waals surface area contributed by atoms with Crippen LogP contribution in [0.25, 0.3) is 0 Å². The van der Waals surface area contributed by atoms with Gasteiger partial charge >= 0.3 is 0 Å². The van der Waals surface area contributed by atoms with Crippen LogP contribution < -0.4 is 0 Å². The van der Waals surface area contributed by atoms with Crippen LogP contribution in [-0.2, 0) is 21.1 Å². The third kappa shape index (κ3) is 1.54. The predicted molar refractivity (Wildman–Crippen MR) is 18.5 cm³/mol. The fourth-order valence-corrected chi connectivity index (χ4v) is 0.250. The van der Waals surface area contributed by atoms with Crippen molar-refractivity contribution in [3.8, 4) is 0 Å². The van der Waals surface area contributed by atoms with Crippen molar-refractivity contribution in [2.45, 2.75) is 25.7 Å². The van der Waals surface area contributed by atoms with Gasteiger partial charge < -0.3 is 0 Å². The quantitative estimate of drug-likeness (QED) is 0.613. The first-order valence-electron chi connectivity index (χ1n) is 2.00. The van der Waals surface area contributed by atoms with Gasteiger partial charge in [0.25, 0.3) is 0 Å². The summed E-state index contributed by atoms with van der Waals surface area (Å²) >= 11 is 0. The molecule has 1 heteroatoms. The molecular weight excluding hydrogens is 243 g/mol. The molecule has 0 spiro atoms. The van der Waals surface area contributed by atoms with Gasteiger partial charge in [0.1, 0.15) is 0 Å². The molecule has 0 radical (unpaired) electrons. The molecule has 0 amide bonds. The van der Waals surface area contributed by atoms with Crippen LogP contribution in [0.2, 0.25) is 0 Å². The van der Waals surface area contributed by atoms with Crippen LogP contribution in [0, 0.1) is 0 Å². The average molecular weight is 251 g/mol. The van der Waals surface area contributed by atoms with Gasteiger partial charge in [0, 0.05) is 21.1 Å². The number of rotatable bonds is 0. The molecule has 0 nitrogen and oxygen atoms in total. The molecule has 0 aliphatic heterocycles. The summed E-state index contributed by atoms with van der Waals surface area (Å²) in [5, 5.41) is 0. The Labute approximate surface area is 47.2 Å². The van der Waals surface area contributed by atoms with Gasteiger partial charge in [0.15, 0.2) is 0 Å². The van der Waals surface area contributed by atoms with Gasteiger partial charge in [-0.3, -0.25) is 0 Å². The zero-order valence-electron chi connectivity index (χ0n) is 3.14. The molecule has 0 unspecified atom stereocenters. The van der Waals surface area contributed by atoms with Crippen LogP contribution in [0.4, 0.5) is 0 Å². The maximum atomic E-state index is 1.50. The maximum absolute atomic E-state index is 1.50. The molecule has 1 rings (SSSR count). The first kappa shape index (κ1) is 5.69. The average Bonchev–Trinajstić information content (AvgIpc) is 0.722. The number of hydrogen-bond donors (Lipinski definition) is 0. The summed E-state index contributed by atoms with van der Waals surface area (Å²) in [4.78, 5) is 0. The molecule has 0 bridgehead atoms. The molecular formula is C4H8Pt. The molecule has 0 aromatic rings. The van der Waals surface area contributed by atoms with E-state index < -0.39 is 0 Å². The van der Waals surface area contributed by atoms with Crippen LogP contribution in [-0.4, -0.2) is 0 Å². The van der Waals surface area contributed by atoms with E-state index in [1.54, 1.807) is 0 Å². The van der Waals surface area contributed by atoms with Gasteiger partial charge in [0.05, 0.1) is 0 Å². The molecule has 0 heterocycles. The van der Waals surface area contributed by atoms with Crippen molar-refractivity contribution in [2.24, 2.45) is 0 Å². The van der Waals surface area contributed by atoms with Crippen LogP contribution in [0.15, 0.2) is 0 Å². The van der Waals surface area contributed by atoms with Crippen LogP contribution in [0.5, 0.6) is 0 Å². The second-order valence-electron chi connectivity index (χ2n) is 1.41. The van der Waals surface area contributed by atoms with E-state index in [0.29, 0.717) is 0 Å². The SMILES string of the molecule is C1CCC1.[Pt]. The Hall–Kier alpha value is 0.688. The Balaban J connectivity index is 0.000000160.